The summed E-state index contributed by atoms with van der Waals surface area (Å²) in [5.41, 5.74) is 0.232. The second-order valence-corrected chi connectivity index (χ2v) is 5.03. The van der Waals surface area contributed by atoms with E-state index < -0.39 is 4.92 Å². The number of carbonyl (C=O) groups is 1. The summed E-state index contributed by atoms with van der Waals surface area (Å²) in [4.78, 5) is 22.0. The van der Waals surface area contributed by atoms with Crippen LogP contribution in [0, 0.1) is 10.1 Å². The van der Waals surface area contributed by atoms with Crippen LogP contribution < -0.4 is 4.74 Å². The molecule has 21 heavy (non-hydrogen) atoms. The smallest absolute Gasteiger partial charge is 0.272 e. The van der Waals surface area contributed by atoms with Gasteiger partial charge < -0.3 is 9.30 Å². The second kappa shape index (κ2) is 6.15. The number of nitrogens with zero attached hydrogens (tertiary/aromatic N) is 2. The van der Waals surface area contributed by atoms with Gasteiger partial charge in [-0.25, -0.2) is 0 Å². The number of aryl methyl sites for hydroxylation is 1. The number of benzene rings is 1. The zero-order chi connectivity index (χ0) is 15.6. The maximum Gasteiger partial charge on any atom is 0.272 e. The first-order valence-corrected chi connectivity index (χ1v) is 6.56. The van der Waals surface area contributed by atoms with Crippen LogP contribution in [0.25, 0.3) is 0 Å². The van der Waals surface area contributed by atoms with Gasteiger partial charge in [0.2, 0.25) is 5.78 Å². The van der Waals surface area contributed by atoms with Crippen molar-refractivity contribution in [2.24, 2.45) is 7.05 Å². The van der Waals surface area contributed by atoms with E-state index in [2.05, 4.69) is 0 Å². The van der Waals surface area contributed by atoms with Crippen molar-refractivity contribution in [2.45, 2.75) is 0 Å². The van der Waals surface area contributed by atoms with Crippen LogP contribution in [0.2, 0.25) is 10.0 Å². The number of nitro benzene ring substituents is 1. The van der Waals surface area contributed by atoms with Crippen molar-refractivity contribution in [2.75, 3.05) is 6.61 Å². The standard InChI is InChI=1S/C13H10Cl2N2O4/c1-16-4-2-3-11(16)12(18)7-21-13-9(14)5-8(17(19)20)6-10(13)15/h2-6H,7H2,1H3. The van der Waals surface area contributed by atoms with Gasteiger partial charge in [0.15, 0.2) is 12.4 Å². The first kappa shape index (κ1) is 15.3. The Hall–Kier alpha value is -2.05. The van der Waals surface area contributed by atoms with Crippen molar-refractivity contribution < 1.29 is 14.5 Å². The molecule has 0 aliphatic carbocycles. The average Bonchev–Trinajstić information content (AvgIpc) is 2.83. The number of ketones is 1. The molecule has 0 aliphatic heterocycles. The number of aromatic nitrogens is 1. The maximum atomic E-state index is 12.0. The van der Waals surface area contributed by atoms with Gasteiger partial charge in [0.05, 0.1) is 20.7 Å². The Morgan fingerprint density at radius 2 is 2.00 bits per heavy atom. The summed E-state index contributed by atoms with van der Waals surface area (Å²) in [5, 5.41) is 10.6. The summed E-state index contributed by atoms with van der Waals surface area (Å²) in [5.74, 6) is -0.209. The van der Waals surface area contributed by atoms with E-state index in [-0.39, 0.29) is 33.9 Å². The molecule has 0 amide bonds. The van der Waals surface area contributed by atoms with Crippen molar-refractivity contribution in [3.8, 4) is 5.75 Å². The minimum atomic E-state index is -0.614. The molecule has 0 atom stereocenters. The Morgan fingerprint density at radius 1 is 1.38 bits per heavy atom. The fourth-order valence-corrected chi connectivity index (χ4v) is 2.34. The molecule has 0 N–H and O–H groups in total. The minimum absolute atomic E-state index is 0.0196. The molecule has 0 aliphatic rings. The fraction of sp³-hybridized carbons (Fsp3) is 0.154. The number of nitro groups is 1. The van der Waals surface area contributed by atoms with E-state index in [4.69, 9.17) is 27.9 Å². The highest BCUT2D eigenvalue weighted by Crippen LogP contribution is 2.36. The third kappa shape index (κ3) is 3.34. The van der Waals surface area contributed by atoms with Gasteiger partial charge in [0.1, 0.15) is 0 Å². The predicted octanol–water partition coefficient (Wildman–Crippen LogP) is 3.50. The number of Topliss-reactive ketones (excluding diaryl/α,β-unsaturated/α-hetero) is 1. The highest BCUT2D eigenvalue weighted by Gasteiger charge is 2.17. The monoisotopic (exact) mass is 328 g/mol. The quantitative estimate of drug-likeness (QED) is 0.478. The molecule has 110 valence electrons. The SMILES string of the molecule is Cn1cccc1C(=O)COc1c(Cl)cc([N+](=O)[O-])cc1Cl. The average molecular weight is 329 g/mol. The summed E-state index contributed by atoms with van der Waals surface area (Å²) in [7, 11) is 1.74. The molecule has 6 nitrogen and oxygen atoms in total. The molecular formula is C13H10Cl2N2O4. The van der Waals surface area contributed by atoms with Crippen LogP contribution in [0.3, 0.4) is 0 Å². The maximum absolute atomic E-state index is 12.0. The second-order valence-electron chi connectivity index (χ2n) is 4.21. The summed E-state index contributed by atoms with van der Waals surface area (Å²) in [6, 6.07) is 5.63. The lowest BCUT2D eigenvalue weighted by Crippen LogP contribution is -2.15. The molecule has 0 saturated heterocycles. The molecule has 1 aromatic carbocycles. The first-order chi connectivity index (χ1) is 9.90. The molecule has 0 unspecified atom stereocenters. The van der Waals surface area contributed by atoms with E-state index in [9.17, 15) is 14.9 Å². The highest BCUT2D eigenvalue weighted by molar-refractivity contribution is 6.37. The van der Waals surface area contributed by atoms with Gasteiger partial charge >= 0.3 is 0 Å². The molecule has 2 aromatic rings. The van der Waals surface area contributed by atoms with Crippen LogP contribution in [-0.4, -0.2) is 21.9 Å². The van der Waals surface area contributed by atoms with Gasteiger partial charge in [0.25, 0.3) is 5.69 Å². The lowest BCUT2D eigenvalue weighted by Gasteiger charge is -2.09. The Bertz CT molecular complexity index is 689. The first-order valence-electron chi connectivity index (χ1n) is 5.81. The van der Waals surface area contributed by atoms with Crippen LogP contribution in [0.5, 0.6) is 5.75 Å². The van der Waals surface area contributed by atoms with E-state index in [1.807, 2.05) is 0 Å². The lowest BCUT2D eigenvalue weighted by molar-refractivity contribution is -0.384. The lowest BCUT2D eigenvalue weighted by atomic mass is 10.3. The molecule has 8 heteroatoms. The van der Waals surface area contributed by atoms with Gasteiger partial charge in [-0.05, 0) is 12.1 Å². The number of hydrogen-bond donors (Lipinski definition) is 0. The fourth-order valence-electron chi connectivity index (χ4n) is 1.75. The molecule has 0 bridgehead atoms. The van der Waals surface area contributed by atoms with Crippen LogP contribution in [-0.2, 0) is 7.05 Å². The molecule has 0 radical (unpaired) electrons. The summed E-state index contributed by atoms with van der Waals surface area (Å²) in [6.07, 6.45) is 1.74. The molecular weight excluding hydrogens is 319 g/mol. The van der Waals surface area contributed by atoms with E-state index in [1.165, 1.54) is 0 Å². The van der Waals surface area contributed by atoms with Gasteiger partial charge in [-0.15, -0.1) is 0 Å². The zero-order valence-electron chi connectivity index (χ0n) is 10.9. The number of halogens is 2. The predicted molar refractivity (Wildman–Crippen MR) is 78.4 cm³/mol. The van der Waals surface area contributed by atoms with Crippen molar-refractivity contribution in [1.29, 1.82) is 0 Å². The Balaban J connectivity index is 2.16. The van der Waals surface area contributed by atoms with Gasteiger partial charge in [0, 0.05) is 25.4 Å². The van der Waals surface area contributed by atoms with Crippen molar-refractivity contribution in [3.05, 3.63) is 56.3 Å². The Kier molecular flexibility index (Phi) is 4.50. The van der Waals surface area contributed by atoms with Crippen LogP contribution in [0.1, 0.15) is 10.5 Å². The molecule has 1 aromatic heterocycles. The largest absolute Gasteiger partial charge is 0.482 e. The third-order valence-electron chi connectivity index (χ3n) is 2.77. The third-order valence-corrected chi connectivity index (χ3v) is 3.33. The molecule has 1 heterocycles. The Morgan fingerprint density at radius 3 is 2.48 bits per heavy atom. The van der Waals surface area contributed by atoms with Gasteiger partial charge in [-0.2, -0.15) is 0 Å². The zero-order valence-corrected chi connectivity index (χ0v) is 12.4. The van der Waals surface area contributed by atoms with Gasteiger partial charge in [-0.1, -0.05) is 23.2 Å². The minimum Gasteiger partial charge on any atom is -0.482 e. The highest BCUT2D eigenvalue weighted by atomic mass is 35.5. The van der Waals surface area contributed by atoms with Crippen LogP contribution in [0.15, 0.2) is 30.5 Å². The van der Waals surface area contributed by atoms with Crippen molar-refractivity contribution in [1.82, 2.24) is 4.57 Å². The number of carbonyl (C=O) groups excluding carboxylic acids is 1. The number of ether oxygens (including phenoxy) is 1. The molecule has 0 saturated carbocycles. The van der Waals surface area contributed by atoms with Gasteiger partial charge in [-0.3, -0.25) is 14.9 Å². The topological polar surface area (TPSA) is 74.4 Å². The molecule has 0 spiro atoms. The molecule has 2 rings (SSSR count). The Labute approximate surface area is 130 Å². The number of non-ortho nitro benzene ring substituents is 1. The van der Waals surface area contributed by atoms with E-state index in [0.29, 0.717) is 5.69 Å². The van der Waals surface area contributed by atoms with E-state index in [0.717, 1.165) is 12.1 Å². The normalized spacial score (nSPS) is 10.4. The van der Waals surface area contributed by atoms with Crippen LogP contribution in [0.4, 0.5) is 5.69 Å². The van der Waals surface area contributed by atoms with E-state index in [1.54, 1.807) is 29.9 Å². The van der Waals surface area contributed by atoms with Crippen LogP contribution >= 0.6 is 23.2 Å². The van der Waals surface area contributed by atoms with Crippen molar-refractivity contribution >= 4 is 34.7 Å². The van der Waals surface area contributed by atoms with E-state index >= 15 is 0 Å². The summed E-state index contributed by atoms with van der Waals surface area (Å²) < 4.78 is 6.95. The molecule has 0 fully saturated rings. The number of rotatable bonds is 5. The summed E-state index contributed by atoms with van der Waals surface area (Å²) in [6.45, 7) is -0.269. The van der Waals surface area contributed by atoms with Crippen molar-refractivity contribution in [3.63, 3.8) is 0 Å². The summed E-state index contributed by atoms with van der Waals surface area (Å²) >= 11 is 11.8. The number of hydrogen-bond acceptors (Lipinski definition) is 4.